The fourth-order valence-corrected chi connectivity index (χ4v) is 4.84. The summed E-state index contributed by atoms with van der Waals surface area (Å²) in [7, 11) is 2.57. The van der Waals surface area contributed by atoms with Gasteiger partial charge in [0.05, 0.1) is 25.5 Å². The van der Waals surface area contributed by atoms with Crippen LogP contribution in [0.2, 0.25) is 0 Å². The molecule has 0 aliphatic rings. The number of esters is 2. The number of aryl methyl sites for hydroxylation is 1. The van der Waals surface area contributed by atoms with E-state index in [-0.39, 0.29) is 10.6 Å². The highest BCUT2D eigenvalue weighted by Crippen LogP contribution is 2.36. The third-order valence-electron chi connectivity index (χ3n) is 4.12. The van der Waals surface area contributed by atoms with E-state index in [1.54, 1.807) is 6.20 Å². The van der Waals surface area contributed by atoms with Gasteiger partial charge in [0.2, 0.25) is 0 Å². The van der Waals surface area contributed by atoms with Crippen molar-refractivity contribution in [1.82, 2.24) is 9.55 Å². The van der Waals surface area contributed by atoms with Crippen LogP contribution in [0.25, 0.3) is 5.69 Å². The lowest BCUT2D eigenvalue weighted by Gasteiger charge is -2.11. The van der Waals surface area contributed by atoms with Gasteiger partial charge in [-0.05, 0) is 18.6 Å². The molecule has 0 spiro atoms. The highest BCUT2D eigenvalue weighted by molar-refractivity contribution is 7.98. The van der Waals surface area contributed by atoms with Gasteiger partial charge in [0.25, 0.3) is 0 Å². The number of nitrogens with two attached hydrogens (primary N) is 1. The SMILES string of the molecule is COC(=O)c1sc(N)c(C(=O)OC)c1CSc1nccn1-c1ccccc1C. The van der Waals surface area contributed by atoms with Gasteiger partial charge in [0.1, 0.15) is 9.88 Å². The molecule has 7 nitrogen and oxygen atoms in total. The second-order valence-electron chi connectivity index (χ2n) is 5.79. The molecule has 0 unspecified atom stereocenters. The number of para-hydroxylation sites is 1. The van der Waals surface area contributed by atoms with E-state index >= 15 is 0 Å². The van der Waals surface area contributed by atoms with E-state index in [1.807, 2.05) is 42.0 Å². The molecule has 146 valence electrons. The normalized spacial score (nSPS) is 10.7. The highest BCUT2D eigenvalue weighted by atomic mass is 32.2. The van der Waals surface area contributed by atoms with Gasteiger partial charge in [-0.2, -0.15) is 0 Å². The van der Waals surface area contributed by atoms with E-state index in [4.69, 9.17) is 15.2 Å². The summed E-state index contributed by atoms with van der Waals surface area (Å²) in [6.07, 6.45) is 3.58. The molecule has 2 heterocycles. The average Bonchev–Trinajstić information content (AvgIpc) is 3.29. The average molecular weight is 418 g/mol. The van der Waals surface area contributed by atoms with Crippen LogP contribution in [0.1, 0.15) is 31.2 Å². The molecule has 0 atom stereocenters. The number of hydrogen-bond donors (Lipinski definition) is 1. The molecule has 0 radical (unpaired) electrons. The molecule has 0 amide bonds. The standard InChI is InChI=1S/C19H19N3O4S2/c1-11-6-4-5-7-13(11)22-9-8-21-19(22)27-10-12-14(17(23)25-2)16(20)28-15(12)18(24)26-3/h4-9H,10,20H2,1-3H3. The first-order valence-electron chi connectivity index (χ1n) is 8.27. The Labute approximate surface area is 170 Å². The zero-order chi connectivity index (χ0) is 20.3. The number of nitrogens with zero attached hydrogens (tertiary/aromatic N) is 2. The molecule has 0 aliphatic carbocycles. The minimum Gasteiger partial charge on any atom is -0.465 e. The Morgan fingerprint density at radius 2 is 1.93 bits per heavy atom. The van der Waals surface area contributed by atoms with E-state index in [0.717, 1.165) is 27.7 Å². The van der Waals surface area contributed by atoms with Crippen LogP contribution in [0.5, 0.6) is 0 Å². The number of hydrogen-bond acceptors (Lipinski definition) is 8. The minimum absolute atomic E-state index is 0.203. The molecule has 0 aliphatic heterocycles. The molecular formula is C19H19N3O4S2. The number of rotatable bonds is 6. The topological polar surface area (TPSA) is 96.4 Å². The summed E-state index contributed by atoms with van der Waals surface area (Å²) in [6, 6.07) is 7.96. The van der Waals surface area contributed by atoms with Crippen LogP contribution in [0, 0.1) is 6.92 Å². The molecule has 0 saturated carbocycles. The van der Waals surface area contributed by atoms with E-state index in [0.29, 0.717) is 16.2 Å². The summed E-state index contributed by atoms with van der Waals surface area (Å²) in [4.78, 5) is 29.1. The van der Waals surface area contributed by atoms with Crippen LogP contribution in [-0.2, 0) is 15.2 Å². The molecule has 9 heteroatoms. The maximum atomic E-state index is 12.2. The van der Waals surface area contributed by atoms with Crippen LogP contribution in [-0.4, -0.2) is 35.7 Å². The van der Waals surface area contributed by atoms with Crippen molar-refractivity contribution in [3.63, 3.8) is 0 Å². The number of aromatic nitrogens is 2. The largest absolute Gasteiger partial charge is 0.465 e. The van der Waals surface area contributed by atoms with Crippen LogP contribution in [0.15, 0.2) is 41.8 Å². The highest BCUT2D eigenvalue weighted by Gasteiger charge is 2.27. The zero-order valence-corrected chi connectivity index (χ0v) is 17.2. The minimum atomic E-state index is -0.582. The van der Waals surface area contributed by atoms with Gasteiger partial charge in [0, 0.05) is 23.7 Å². The first-order valence-corrected chi connectivity index (χ1v) is 10.1. The fraction of sp³-hybridized carbons (Fsp3) is 0.211. The maximum absolute atomic E-state index is 12.2. The third-order valence-corrected chi connectivity index (χ3v) is 6.16. The lowest BCUT2D eigenvalue weighted by Crippen LogP contribution is -2.09. The molecule has 28 heavy (non-hydrogen) atoms. The number of methoxy groups -OCH3 is 2. The van der Waals surface area contributed by atoms with Crippen molar-refractivity contribution >= 4 is 40.0 Å². The number of benzene rings is 1. The third kappa shape index (κ3) is 3.76. The molecule has 1 aromatic carbocycles. The Morgan fingerprint density at radius 3 is 2.61 bits per heavy atom. The van der Waals surface area contributed by atoms with E-state index in [9.17, 15) is 9.59 Å². The second-order valence-corrected chi connectivity index (χ2v) is 7.78. The second kappa shape index (κ2) is 8.49. The molecule has 0 saturated heterocycles. The van der Waals surface area contributed by atoms with Crippen LogP contribution < -0.4 is 5.73 Å². The zero-order valence-electron chi connectivity index (χ0n) is 15.6. The van der Waals surface area contributed by atoms with Crippen molar-refractivity contribution in [2.75, 3.05) is 20.0 Å². The molecule has 2 aromatic heterocycles. The van der Waals surface area contributed by atoms with Crippen molar-refractivity contribution in [1.29, 1.82) is 0 Å². The molecule has 3 aromatic rings. The van der Waals surface area contributed by atoms with Gasteiger partial charge < -0.3 is 15.2 Å². The Morgan fingerprint density at radius 1 is 1.21 bits per heavy atom. The lowest BCUT2D eigenvalue weighted by atomic mass is 10.1. The summed E-state index contributed by atoms with van der Waals surface area (Å²) < 4.78 is 11.6. The maximum Gasteiger partial charge on any atom is 0.348 e. The van der Waals surface area contributed by atoms with Crippen molar-refractivity contribution in [3.8, 4) is 5.69 Å². The Bertz CT molecular complexity index is 1030. The van der Waals surface area contributed by atoms with Crippen molar-refractivity contribution in [2.24, 2.45) is 0 Å². The fourth-order valence-electron chi connectivity index (χ4n) is 2.76. The summed E-state index contributed by atoms with van der Waals surface area (Å²) in [6.45, 7) is 2.02. The quantitative estimate of drug-likeness (QED) is 0.483. The number of thiophene rings is 1. The molecule has 0 bridgehead atoms. The van der Waals surface area contributed by atoms with Gasteiger partial charge >= 0.3 is 11.9 Å². The van der Waals surface area contributed by atoms with Crippen LogP contribution >= 0.6 is 23.1 Å². The Hall–Kier alpha value is -2.78. The summed E-state index contributed by atoms with van der Waals surface area (Å²) in [5.41, 5.74) is 8.79. The van der Waals surface area contributed by atoms with Crippen molar-refractivity contribution in [2.45, 2.75) is 17.8 Å². The van der Waals surface area contributed by atoms with Crippen molar-refractivity contribution < 1.29 is 19.1 Å². The van der Waals surface area contributed by atoms with E-state index < -0.39 is 11.9 Å². The Balaban J connectivity index is 1.96. The number of thioether (sulfide) groups is 1. The smallest absolute Gasteiger partial charge is 0.348 e. The predicted molar refractivity (Wildman–Crippen MR) is 109 cm³/mol. The van der Waals surface area contributed by atoms with Gasteiger partial charge in [-0.25, -0.2) is 14.6 Å². The van der Waals surface area contributed by atoms with E-state index in [2.05, 4.69) is 4.98 Å². The number of carbonyl (C=O) groups excluding carboxylic acids is 2. The summed E-state index contributed by atoms with van der Waals surface area (Å²) >= 11 is 2.41. The first kappa shape index (κ1) is 20.0. The van der Waals surface area contributed by atoms with Gasteiger partial charge in [-0.3, -0.25) is 4.57 Å². The number of ether oxygens (including phenoxy) is 2. The van der Waals surface area contributed by atoms with Crippen LogP contribution in [0.4, 0.5) is 5.00 Å². The number of nitrogen functional groups attached to an aromatic ring is 1. The monoisotopic (exact) mass is 417 g/mol. The number of imidazole rings is 1. The van der Waals surface area contributed by atoms with Crippen molar-refractivity contribution in [3.05, 3.63) is 58.2 Å². The molecule has 3 rings (SSSR count). The molecule has 2 N–H and O–H groups in total. The summed E-state index contributed by atoms with van der Waals surface area (Å²) in [5, 5.41) is 0.954. The van der Waals surface area contributed by atoms with Crippen LogP contribution in [0.3, 0.4) is 0 Å². The predicted octanol–water partition coefficient (Wildman–Crippen LogP) is 3.69. The number of anilines is 1. The Kier molecular flexibility index (Phi) is 6.05. The first-order chi connectivity index (χ1) is 13.5. The van der Waals surface area contributed by atoms with Gasteiger partial charge in [-0.15, -0.1) is 11.3 Å². The van der Waals surface area contributed by atoms with Gasteiger partial charge in [0.15, 0.2) is 5.16 Å². The molecular weight excluding hydrogens is 398 g/mol. The lowest BCUT2D eigenvalue weighted by molar-refractivity contribution is 0.0601. The van der Waals surface area contributed by atoms with Gasteiger partial charge in [-0.1, -0.05) is 30.0 Å². The van der Waals surface area contributed by atoms with E-state index in [1.165, 1.54) is 26.0 Å². The molecule has 0 fully saturated rings. The number of carbonyl (C=O) groups is 2. The summed E-state index contributed by atoms with van der Waals surface area (Å²) in [5.74, 6) is -0.808.